The molecule has 1 aliphatic rings. The van der Waals surface area contributed by atoms with Gasteiger partial charge in [-0.15, -0.1) is 0 Å². The van der Waals surface area contributed by atoms with Gasteiger partial charge in [0.2, 0.25) is 53.2 Å². The van der Waals surface area contributed by atoms with E-state index in [4.69, 9.17) is 17.2 Å². The summed E-state index contributed by atoms with van der Waals surface area (Å²) in [6.07, 6.45) is -0.0240. The first-order valence-corrected chi connectivity index (χ1v) is 21.6. The largest absolute Gasteiger partial charge is 0.480 e. The van der Waals surface area contributed by atoms with Crippen molar-refractivity contribution >= 4 is 59.1 Å². The fourth-order valence-electron chi connectivity index (χ4n) is 7.16. The van der Waals surface area contributed by atoms with Crippen LogP contribution in [0.5, 0.6) is 0 Å². The topological polar surface area (TPSA) is 414 Å². The number of aromatic nitrogens is 2. The number of carbonyl (C=O) groups is 10. The van der Waals surface area contributed by atoms with Gasteiger partial charge in [-0.1, -0.05) is 44.2 Å². The Kier molecular flexibility index (Phi) is 21.3. The van der Waals surface area contributed by atoms with Crippen LogP contribution in [-0.4, -0.2) is 157 Å². The minimum atomic E-state index is -1.82. The van der Waals surface area contributed by atoms with Crippen LogP contribution in [-0.2, 0) is 60.8 Å². The van der Waals surface area contributed by atoms with Gasteiger partial charge in [0.15, 0.2) is 6.04 Å². The van der Waals surface area contributed by atoms with Gasteiger partial charge in [-0.05, 0) is 44.1 Å². The Morgan fingerprint density at radius 2 is 1.36 bits per heavy atom. The predicted octanol–water partition coefficient (Wildman–Crippen LogP) is -4.93. The predicted molar refractivity (Wildman–Crippen MR) is 235 cm³/mol. The summed E-state index contributed by atoms with van der Waals surface area (Å²) in [4.78, 5) is 139. The Morgan fingerprint density at radius 1 is 0.776 bits per heavy atom. The number of nitrogens with zero attached hydrogens (tertiary/aromatic N) is 2. The number of hydrogen-bond donors (Lipinski definition) is 13. The second-order valence-corrected chi connectivity index (χ2v) is 16.6. The number of nitrogens with two attached hydrogens (primary N) is 3. The lowest BCUT2D eigenvalue weighted by molar-refractivity contribution is -0.147. The Hall–Kier alpha value is -6.99. The minimum Gasteiger partial charge on any atom is -0.480 e. The highest BCUT2D eigenvalue weighted by molar-refractivity contribution is 5.99. The number of aromatic amines is 1. The molecule has 368 valence electrons. The molecule has 9 atom stereocenters. The number of H-pyrrole nitrogens is 1. The van der Waals surface area contributed by atoms with Gasteiger partial charge >= 0.3 is 5.97 Å². The number of carboxylic acids is 1. The van der Waals surface area contributed by atoms with Gasteiger partial charge in [0.05, 0.1) is 31.5 Å². The second-order valence-electron chi connectivity index (χ2n) is 16.6. The van der Waals surface area contributed by atoms with Crippen molar-refractivity contribution in [2.45, 2.75) is 127 Å². The summed E-state index contributed by atoms with van der Waals surface area (Å²) in [5, 5.41) is 44.0. The number of nitrogens with one attached hydrogen (secondary N) is 7. The molecule has 3 rings (SSSR count). The van der Waals surface area contributed by atoms with Gasteiger partial charge in [0.25, 0.3) is 0 Å². The van der Waals surface area contributed by atoms with E-state index in [9.17, 15) is 63.3 Å². The fourth-order valence-corrected chi connectivity index (χ4v) is 7.16. The van der Waals surface area contributed by atoms with E-state index in [0.717, 1.165) is 4.90 Å². The number of aliphatic hydroxyl groups is 2. The standard InChI is InChI=1S/C42H62N12O13/c1-21(2)14-25(43)35(59)48-26(11-12-32(44)57)36(60)49-27(16-24-18-46-20-47-24)37(61)50-28(17-33(45)58)38(62)52-30(19-55)39(63)51-29(15-23-8-5-4-6-9-23)41(65)54-13-7-10-31(54)40(64)53-34(22(3)56)42(66)67/h4-6,8-9,18,20-22,25-31,34,55-56H,7,10-17,19,43H2,1-3H3,(H2,44,57)(H2,45,58)(H,46,47)(H,48,59)(H,49,60)(H,50,61)(H,51,63)(H,52,62)(H,53,64)(H,66,67)/t22-,25+,26+,27+,28+,29+,30+,31+,34+/m1/s1. The molecule has 9 amide bonds. The zero-order chi connectivity index (χ0) is 50.0. The number of likely N-dealkylation sites (tertiary alicyclic amines) is 1. The Bertz CT molecular complexity index is 2050. The quantitative estimate of drug-likeness (QED) is 0.0399. The molecule has 1 aromatic carbocycles. The van der Waals surface area contributed by atoms with Crippen LogP contribution in [0.1, 0.15) is 70.6 Å². The maximum Gasteiger partial charge on any atom is 0.328 e. The second kappa shape index (κ2) is 26.2. The van der Waals surface area contributed by atoms with Crippen LogP contribution in [0.2, 0.25) is 0 Å². The molecule has 2 heterocycles. The molecule has 1 saturated heterocycles. The van der Waals surface area contributed by atoms with Crippen LogP contribution < -0.4 is 49.1 Å². The molecule has 0 saturated carbocycles. The van der Waals surface area contributed by atoms with E-state index in [1.165, 1.54) is 19.4 Å². The van der Waals surface area contributed by atoms with Gasteiger partial charge in [0, 0.05) is 37.7 Å². The van der Waals surface area contributed by atoms with Crippen molar-refractivity contribution < 1.29 is 63.3 Å². The van der Waals surface area contributed by atoms with Gasteiger partial charge in [-0.25, -0.2) is 9.78 Å². The molecule has 1 fully saturated rings. The molecule has 0 bridgehead atoms. The van der Waals surface area contributed by atoms with Crippen molar-refractivity contribution in [2.24, 2.45) is 23.1 Å². The van der Waals surface area contributed by atoms with E-state index in [-0.39, 0.29) is 51.0 Å². The Balaban J connectivity index is 1.85. The number of hydrogen-bond acceptors (Lipinski definition) is 14. The van der Waals surface area contributed by atoms with Crippen LogP contribution in [0.25, 0.3) is 0 Å². The van der Waals surface area contributed by atoms with Crippen LogP contribution in [0.3, 0.4) is 0 Å². The van der Waals surface area contributed by atoms with Crippen LogP contribution >= 0.6 is 0 Å². The molecular formula is C42H62N12O13. The maximum atomic E-state index is 14.2. The first-order valence-electron chi connectivity index (χ1n) is 21.6. The van der Waals surface area contributed by atoms with E-state index >= 15 is 0 Å². The van der Waals surface area contributed by atoms with Crippen molar-refractivity contribution in [1.29, 1.82) is 0 Å². The zero-order valence-corrected chi connectivity index (χ0v) is 37.4. The van der Waals surface area contributed by atoms with Crippen molar-refractivity contribution in [3.05, 3.63) is 54.1 Å². The number of imidazole rings is 1. The third kappa shape index (κ3) is 17.4. The monoisotopic (exact) mass is 942 g/mol. The van der Waals surface area contributed by atoms with Crippen LogP contribution in [0, 0.1) is 5.92 Å². The minimum absolute atomic E-state index is 0.0179. The molecule has 16 N–H and O–H groups in total. The molecule has 67 heavy (non-hydrogen) atoms. The highest BCUT2D eigenvalue weighted by Crippen LogP contribution is 2.20. The number of carbonyl (C=O) groups excluding carboxylic acids is 9. The van der Waals surface area contributed by atoms with Gasteiger partial charge < -0.3 is 74.3 Å². The third-order valence-electron chi connectivity index (χ3n) is 10.6. The molecule has 25 nitrogen and oxygen atoms in total. The number of amides is 9. The molecular weight excluding hydrogens is 881 g/mol. The molecule has 0 radical (unpaired) electrons. The number of rotatable bonds is 27. The SMILES string of the molecule is CC(C)C[C@H](N)C(=O)N[C@@H](CCC(N)=O)C(=O)N[C@@H](Cc1cnc[nH]1)C(=O)N[C@@H](CC(N)=O)C(=O)N[C@@H](CO)C(=O)N[C@@H](Cc1ccccc1)C(=O)N1CCC[C@H]1C(=O)N[C@H](C(=O)O)[C@@H](C)O. The normalized spacial score (nSPS) is 17.0. The first-order chi connectivity index (χ1) is 31.6. The number of aliphatic hydroxyl groups excluding tert-OH is 2. The zero-order valence-electron chi connectivity index (χ0n) is 37.4. The van der Waals surface area contributed by atoms with Gasteiger partial charge in [-0.3, -0.25) is 43.2 Å². The van der Waals surface area contributed by atoms with Gasteiger partial charge in [0.1, 0.15) is 36.3 Å². The maximum absolute atomic E-state index is 14.2. The Morgan fingerprint density at radius 3 is 1.93 bits per heavy atom. The highest BCUT2D eigenvalue weighted by Gasteiger charge is 2.41. The summed E-state index contributed by atoms with van der Waals surface area (Å²) in [7, 11) is 0. The Labute approximate surface area is 385 Å². The number of aliphatic carboxylic acids is 1. The molecule has 0 aliphatic carbocycles. The number of benzene rings is 1. The van der Waals surface area contributed by atoms with Crippen molar-refractivity contribution in [2.75, 3.05) is 13.2 Å². The van der Waals surface area contributed by atoms with Crippen LogP contribution in [0.4, 0.5) is 0 Å². The summed E-state index contributed by atoms with van der Waals surface area (Å²) in [5.74, 6) is -10.00. The fraction of sp³-hybridized carbons (Fsp3) is 0.548. The van der Waals surface area contributed by atoms with E-state index in [1.807, 2.05) is 13.8 Å². The number of primary amides is 2. The third-order valence-corrected chi connectivity index (χ3v) is 10.6. The smallest absolute Gasteiger partial charge is 0.328 e. The van der Waals surface area contributed by atoms with E-state index < -0.39 is 127 Å². The van der Waals surface area contributed by atoms with E-state index in [1.54, 1.807) is 30.3 Å². The first kappa shape index (κ1) is 54.3. The lowest BCUT2D eigenvalue weighted by Gasteiger charge is -2.31. The molecule has 1 aliphatic heterocycles. The van der Waals surface area contributed by atoms with Crippen LogP contribution in [0.15, 0.2) is 42.9 Å². The number of carboxylic acid groups (broad SMARTS) is 1. The average molecular weight is 943 g/mol. The molecule has 25 heteroatoms. The summed E-state index contributed by atoms with van der Waals surface area (Å²) in [6, 6.07) is -3.51. The lowest BCUT2D eigenvalue weighted by Crippen LogP contribution is -2.61. The lowest BCUT2D eigenvalue weighted by atomic mass is 10.0. The highest BCUT2D eigenvalue weighted by atomic mass is 16.4. The average Bonchev–Trinajstić information content (AvgIpc) is 3.97. The molecule has 2 aromatic rings. The van der Waals surface area contributed by atoms with Crippen molar-refractivity contribution in [1.82, 2.24) is 46.8 Å². The molecule has 0 unspecified atom stereocenters. The molecule has 1 aromatic heterocycles. The van der Waals surface area contributed by atoms with Crippen molar-refractivity contribution in [3.8, 4) is 0 Å². The van der Waals surface area contributed by atoms with Crippen molar-refractivity contribution in [3.63, 3.8) is 0 Å². The van der Waals surface area contributed by atoms with E-state index in [0.29, 0.717) is 17.7 Å². The van der Waals surface area contributed by atoms with E-state index in [2.05, 4.69) is 41.9 Å². The van der Waals surface area contributed by atoms with Gasteiger partial charge in [-0.2, -0.15) is 0 Å². The summed E-state index contributed by atoms with van der Waals surface area (Å²) in [6.45, 7) is 3.81. The summed E-state index contributed by atoms with van der Waals surface area (Å²) < 4.78 is 0. The summed E-state index contributed by atoms with van der Waals surface area (Å²) in [5.41, 5.74) is 17.6. The summed E-state index contributed by atoms with van der Waals surface area (Å²) >= 11 is 0. The molecule has 0 spiro atoms.